The SMILES string of the molecule is CN(CCNC(=O)N1CCCC1c1cccs1)C(=O)OC(C)(C)C. The lowest BCUT2D eigenvalue weighted by Crippen LogP contribution is -2.43. The summed E-state index contributed by atoms with van der Waals surface area (Å²) in [5.41, 5.74) is -0.516. The van der Waals surface area contributed by atoms with E-state index in [-0.39, 0.29) is 18.2 Å². The third-order valence-corrected chi connectivity index (χ3v) is 4.79. The minimum absolute atomic E-state index is 0.0662. The van der Waals surface area contributed by atoms with Gasteiger partial charge in [-0.05, 0) is 45.1 Å². The van der Waals surface area contributed by atoms with Crippen LogP contribution in [0, 0.1) is 0 Å². The van der Waals surface area contributed by atoms with Crippen LogP contribution in [0.3, 0.4) is 0 Å². The van der Waals surface area contributed by atoms with E-state index in [4.69, 9.17) is 4.74 Å². The maximum atomic E-state index is 12.4. The van der Waals surface area contributed by atoms with E-state index >= 15 is 0 Å². The second-order valence-electron chi connectivity index (χ2n) is 7.00. The number of thiophene rings is 1. The van der Waals surface area contributed by atoms with Gasteiger partial charge in [-0.2, -0.15) is 0 Å². The van der Waals surface area contributed by atoms with Crippen molar-refractivity contribution < 1.29 is 14.3 Å². The molecule has 1 atom stereocenters. The van der Waals surface area contributed by atoms with Crippen molar-refractivity contribution in [2.24, 2.45) is 0 Å². The highest BCUT2D eigenvalue weighted by Crippen LogP contribution is 2.34. The Morgan fingerprint density at radius 2 is 2.21 bits per heavy atom. The van der Waals surface area contributed by atoms with Gasteiger partial charge in [0.05, 0.1) is 6.04 Å². The zero-order valence-electron chi connectivity index (χ0n) is 14.9. The first-order valence-corrected chi connectivity index (χ1v) is 9.18. The monoisotopic (exact) mass is 353 g/mol. The van der Waals surface area contributed by atoms with Crippen LogP contribution in [-0.4, -0.2) is 54.2 Å². The fourth-order valence-corrected chi connectivity index (χ4v) is 3.52. The summed E-state index contributed by atoms with van der Waals surface area (Å²) in [7, 11) is 1.67. The molecule has 0 saturated carbocycles. The third-order valence-electron chi connectivity index (χ3n) is 3.81. The average Bonchev–Trinajstić information content (AvgIpc) is 3.15. The van der Waals surface area contributed by atoms with E-state index in [0.717, 1.165) is 19.4 Å². The van der Waals surface area contributed by atoms with Crippen molar-refractivity contribution in [2.45, 2.75) is 45.3 Å². The largest absolute Gasteiger partial charge is 0.444 e. The second kappa shape index (κ2) is 7.88. The van der Waals surface area contributed by atoms with Crippen LogP contribution >= 0.6 is 11.3 Å². The topological polar surface area (TPSA) is 61.9 Å². The Kier molecular flexibility index (Phi) is 6.10. The molecule has 24 heavy (non-hydrogen) atoms. The Balaban J connectivity index is 1.78. The lowest BCUT2D eigenvalue weighted by molar-refractivity contribution is 0.0300. The Morgan fingerprint density at radius 1 is 1.46 bits per heavy atom. The van der Waals surface area contributed by atoms with Crippen LogP contribution in [0.4, 0.5) is 9.59 Å². The molecule has 7 heteroatoms. The fraction of sp³-hybridized carbons (Fsp3) is 0.647. The van der Waals surface area contributed by atoms with Gasteiger partial charge in [-0.3, -0.25) is 0 Å². The number of carbonyl (C=O) groups is 2. The molecule has 3 amide bonds. The molecule has 0 radical (unpaired) electrons. The molecule has 1 aromatic rings. The van der Waals surface area contributed by atoms with Gasteiger partial charge in [-0.1, -0.05) is 6.07 Å². The van der Waals surface area contributed by atoms with E-state index in [2.05, 4.69) is 11.4 Å². The summed E-state index contributed by atoms with van der Waals surface area (Å²) in [5.74, 6) is 0. The molecule has 1 unspecified atom stereocenters. The van der Waals surface area contributed by atoms with Crippen LogP contribution in [0.1, 0.15) is 44.5 Å². The van der Waals surface area contributed by atoms with Crippen molar-refractivity contribution >= 4 is 23.5 Å². The number of hydrogen-bond donors (Lipinski definition) is 1. The predicted octanol–water partition coefficient (Wildman–Crippen LogP) is 3.46. The molecule has 1 aliphatic heterocycles. The van der Waals surface area contributed by atoms with E-state index < -0.39 is 5.60 Å². The summed E-state index contributed by atoms with van der Waals surface area (Å²) < 4.78 is 5.29. The normalized spacial score (nSPS) is 17.7. The number of ether oxygens (including phenoxy) is 1. The van der Waals surface area contributed by atoms with Crippen LogP contribution in [0.15, 0.2) is 17.5 Å². The molecule has 6 nitrogen and oxygen atoms in total. The highest BCUT2D eigenvalue weighted by molar-refractivity contribution is 7.10. The van der Waals surface area contributed by atoms with Gasteiger partial charge >= 0.3 is 12.1 Å². The van der Waals surface area contributed by atoms with Gasteiger partial charge in [0.25, 0.3) is 0 Å². The van der Waals surface area contributed by atoms with Gasteiger partial charge in [-0.25, -0.2) is 9.59 Å². The lowest BCUT2D eigenvalue weighted by Gasteiger charge is -2.26. The Labute approximate surface area is 147 Å². The molecular formula is C17H27N3O3S. The van der Waals surface area contributed by atoms with Crippen molar-refractivity contribution in [1.29, 1.82) is 0 Å². The summed E-state index contributed by atoms with van der Waals surface area (Å²) in [6.07, 6.45) is 1.65. The maximum Gasteiger partial charge on any atom is 0.410 e. The number of rotatable bonds is 4. The van der Waals surface area contributed by atoms with Gasteiger partial charge in [0.15, 0.2) is 0 Å². The van der Waals surface area contributed by atoms with Crippen LogP contribution in [0.2, 0.25) is 0 Å². The van der Waals surface area contributed by atoms with E-state index in [0.29, 0.717) is 13.1 Å². The number of urea groups is 1. The quantitative estimate of drug-likeness (QED) is 0.902. The maximum absolute atomic E-state index is 12.4. The van der Waals surface area contributed by atoms with Gasteiger partial charge in [0.2, 0.25) is 0 Å². The summed E-state index contributed by atoms with van der Waals surface area (Å²) in [5, 5.41) is 4.95. The first kappa shape index (κ1) is 18.6. The molecule has 1 aromatic heterocycles. The van der Waals surface area contributed by atoms with Gasteiger partial charge in [0, 0.05) is 31.6 Å². The van der Waals surface area contributed by atoms with E-state index in [1.54, 1.807) is 18.4 Å². The molecule has 2 rings (SSSR count). The minimum Gasteiger partial charge on any atom is -0.444 e. The second-order valence-corrected chi connectivity index (χ2v) is 7.98. The average molecular weight is 353 g/mol. The minimum atomic E-state index is -0.516. The molecule has 134 valence electrons. The number of likely N-dealkylation sites (N-methyl/N-ethyl adjacent to an activating group) is 1. The first-order valence-electron chi connectivity index (χ1n) is 8.30. The van der Waals surface area contributed by atoms with E-state index in [1.807, 2.05) is 37.1 Å². The number of hydrogen-bond acceptors (Lipinski definition) is 4. The van der Waals surface area contributed by atoms with Crippen molar-refractivity contribution in [1.82, 2.24) is 15.1 Å². The van der Waals surface area contributed by atoms with Gasteiger partial charge < -0.3 is 19.9 Å². The summed E-state index contributed by atoms with van der Waals surface area (Å²) >= 11 is 1.69. The van der Waals surface area contributed by atoms with Crippen molar-refractivity contribution in [3.8, 4) is 0 Å². The molecule has 2 heterocycles. The van der Waals surface area contributed by atoms with E-state index in [9.17, 15) is 9.59 Å². The fourth-order valence-electron chi connectivity index (χ4n) is 2.65. The Bertz CT molecular complexity index is 554. The standard InChI is InChI=1S/C17H27N3O3S/c1-17(2,3)23-16(22)19(4)11-9-18-15(21)20-10-5-7-13(20)14-8-6-12-24-14/h6,8,12-13H,5,7,9-11H2,1-4H3,(H,18,21). The molecule has 0 aromatic carbocycles. The number of carbonyl (C=O) groups excluding carboxylic acids is 2. The van der Waals surface area contributed by atoms with Crippen LogP contribution < -0.4 is 5.32 Å². The molecule has 1 aliphatic rings. The molecular weight excluding hydrogens is 326 g/mol. The highest BCUT2D eigenvalue weighted by atomic mass is 32.1. The zero-order valence-corrected chi connectivity index (χ0v) is 15.7. The van der Waals surface area contributed by atoms with Crippen LogP contribution in [-0.2, 0) is 4.74 Å². The Morgan fingerprint density at radius 3 is 2.83 bits per heavy atom. The lowest BCUT2D eigenvalue weighted by atomic mass is 10.2. The number of nitrogens with zero attached hydrogens (tertiary/aromatic N) is 2. The predicted molar refractivity (Wildman–Crippen MR) is 95.3 cm³/mol. The molecule has 0 bridgehead atoms. The first-order chi connectivity index (χ1) is 11.3. The molecule has 0 spiro atoms. The summed E-state index contributed by atoms with van der Waals surface area (Å²) in [6, 6.07) is 4.21. The highest BCUT2D eigenvalue weighted by Gasteiger charge is 2.30. The van der Waals surface area contributed by atoms with Crippen molar-refractivity contribution in [3.63, 3.8) is 0 Å². The zero-order chi connectivity index (χ0) is 17.7. The van der Waals surface area contributed by atoms with Gasteiger partial charge in [0.1, 0.15) is 5.60 Å². The summed E-state index contributed by atoms with van der Waals surface area (Å²) in [4.78, 5) is 28.9. The van der Waals surface area contributed by atoms with Crippen LogP contribution in [0.5, 0.6) is 0 Å². The van der Waals surface area contributed by atoms with Crippen LogP contribution in [0.25, 0.3) is 0 Å². The Hall–Kier alpha value is -1.76. The number of amides is 3. The molecule has 0 aliphatic carbocycles. The van der Waals surface area contributed by atoms with Crippen molar-refractivity contribution in [2.75, 3.05) is 26.7 Å². The van der Waals surface area contributed by atoms with Gasteiger partial charge in [-0.15, -0.1) is 11.3 Å². The third kappa shape index (κ3) is 5.12. The number of nitrogens with one attached hydrogen (secondary N) is 1. The molecule has 1 N–H and O–H groups in total. The summed E-state index contributed by atoms with van der Waals surface area (Å²) in [6.45, 7) is 7.09. The molecule has 1 saturated heterocycles. The number of likely N-dealkylation sites (tertiary alicyclic amines) is 1. The smallest absolute Gasteiger partial charge is 0.410 e. The van der Waals surface area contributed by atoms with Crippen molar-refractivity contribution in [3.05, 3.63) is 22.4 Å². The van der Waals surface area contributed by atoms with E-state index in [1.165, 1.54) is 9.78 Å². The molecule has 1 fully saturated rings.